The van der Waals surface area contributed by atoms with Crippen molar-refractivity contribution in [2.24, 2.45) is 0 Å². The molecule has 0 radical (unpaired) electrons. The fraction of sp³-hybridized carbons (Fsp3) is 0.257. The van der Waals surface area contributed by atoms with Crippen molar-refractivity contribution in [3.63, 3.8) is 0 Å². The second-order valence-corrected chi connectivity index (χ2v) is 12.9. The Labute approximate surface area is 263 Å². The maximum atomic E-state index is 14.8. The maximum Gasteiger partial charge on any atom is 0.264 e. The number of hydrogen-bond acceptors (Lipinski definition) is 5. The second-order valence-electron chi connectivity index (χ2n) is 11.0. The number of para-hydroxylation sites is 1. The first-order valence-electron chi connectivity index (χ1n) is 15.0. The average molecular weight is 630 g/mol. The van der Waals surface area contributed by atoms with Crippen LogP contribution >= 0.6 is 0 Å². The van der Waals surface area contributed by atoms with Crippen LogP contribution in [-0.2, 0) is 26.2 Å². The highest BCUT2D eigenvalue weighted by Gasteiger charge is 2.33. The molecule has 2 amide bonds. The molecule has 1 saturated carbocycles. The molecule has 0 aliphatic heterocycles. The molecule has 0 bridgehead atoms. The molecule has 234 valence electrons. The summed E-state index contributed by atoms with van der Waals surface area (Å²) in [7, 11) is -4.23. The summed E-state index contributed by atoms with van der Waals surface area (Å²) in [6, 6.07) is 28.4. The van der Waals surface area contributed by atoms with Crippen molar-refractivity contribution >= 4 is 27.5 Å². The number of carbonyl (C=O) groups excluding carboxylic acids is 2. The van der Waals surface area contributed by atoms with Crippen LogP contribution in [-0.4, -0.2) is 43.8 Å². The van der Waals surface area contributed by atoms with Crippen LogP contribution < -0.4 is 14.4 Å². The van der Waals surface area contributed by atoms with Gasteiger partial charge in [0.25, 0.3) is 10.0 Å². The first-order valence-corrected chi connectivity index (χ1v) is 16.4. The molecule has 8 nitrogen and oxygen atoms in total. The van der Waals surface area contributed by atoms with Gasteiger partial charge in [0.05, 0.1) is 10.6 Å². The number of halogens is 1. The Morgan fingerprint density at radius 3 is 2.07 bits per heavy atom. The highest BCUT2D eigenvalue weighted by atomic mass is 32.2. The Bertz CT molecular complexity index is 1700. The standard InChI is InChI=1S/C35H36FN3O5S/c1-26(35(41)37-28-13-9-10-14-28)38(24-27-12-8-11-19-33(27)36)34(40)25-39(45(42,43)32-17-6-3-7-18-32)29-20-22-31(23-21-29)44-30-15-4-2-5-16-30/h2-8,11-12,15-23,26,28H,9-10,13-14,24-25H2,1H3,(H,37,41)/t26-/m0/s1. The number of amides is 2. The van der Waals surface area contributed by atoms with Crippen LogP contribution in [0.1, 0.15) is 38.2 Å². The van der Waals surface area contributed by atoms with Gasteiger partial charge < -0.3 is 15.0 Å². The number of benzene rings is 4. The SMILES string of the molecule is C[C@@H](C(=O)NC1CCCC1)N(Cc1ccccc1F)C(=O)CN(c1ccc(Oc2ccccc2)cc1)S(=O)(=O)c1ccccc1. The van der Waals surface area contributed by atoms with Gasteiger partial charge in [0, 0.05) is 18.2 Å². The number of ether oxygens (including phenoxy) is 1. The van der Waals surface area contributed by atoms with Crippen LogP contribution in [0.15, 0.2) is 114 Å². The van der Waals surface area contributed by atoms with E-state index in [2.05, 4.69) is 5.32 Å². The fourth-order valence-corrected chi connectivity index (χ4v) is 6.77. The molecule has 4 aromatic carbocycles. The van der Waals surface area contributed by atoms with Crippen LogP contribution in [0.3, 0.4) is 0 Å². The Hall–Kier alpha value is -4.70. The van der Waals surface area contributed by atoms with Crippen LogP contribution in [0, 0.1) is 5.82 Å². The molecular weight excluding hydrogens is 593 g/mol. The molecule has 1 N–H and O–H groups in total. The molecule has 0 aromatic heterocycles. The molecule has 1 fully saturated rings. The monoisotopic (exact) mass is 629 g/mol. The maximum absolute atomic E-state index is 14.8. The van der Waals surface area contributed by atoms with E-state index in [-0.39, 0.29) is 34.6 Å². The van der Waals surface area contributed by atoms with E-state index in [9.17, 15) is 22.4 Å². The van der Waals surface area contributed by atoms with Gasteiger partial charge in [-0.05, 0) is 74.4 Å². The summed E-state index contributed by atoms with van der Waals surface area (Å²) in [5.41, 5.74) is 0.438. The number of nitrogens with one attached hydrogen (secondary N) is 1. The molecule has 0 spiro atoms. The van der Waals surface area contributed by atoms with Crippen molar-refractivity contribution < 1.29 is 27.1 Å². The predicted molar refractivity (Wildman–Crippen MR) is 171 cm³/mol. The number of nitrogens with zero attached hydrogens (tertiary/aromatic N) is 2. The molecule has 5 rings (SSSR count). The van der Waals surface area contributed by atoms with Gasteiger partial charge in [-0.1, -0.05) is 67.4 Å². The summed E-state index contributed by atoms with van der Waals surface area (Å²) in [4.78, 5) is 28.7. The van der Waals surface area contributed by atoms with E-state index in [1.807, 2.05) is 18.2 Å². The lowest BCUT2D eigenvalue weighted by Crippen LogP contribution is -2.52. The minimum Gasteiger partial charge on any atom is -0.457 e. The lowest BCUT2D eigenvalue weighted by molar-refractivity contribution is -0.139. The first-order chi connectivity index (χ1) is 21.7. The summed E-state index contributed by atoms with van der Waals surface area (Å²) in [6.45, 7) is 0.744. The molecule has 0 heterocycles. The molecule has 45 heavy (non-hydrogen) atoms. The quantitative estimate of drug-likeness (QED) is 0.199. The molecule has 1 atom stereocenters. The highest BCUT2D eigenvalue weighted by molar-refractivity contribution is 7.92. The average Bonchev–Trinajstić information content (AvgIpc) is 3.57. The van der Waals surface area contributed by atoms with Crippen LogP contribution in [0.4, 0.5) is 10.1 Å². The minimum atomic E-state index is -4.23. The zero-order valence-electron chi connectivity index (χ0n) is 25.0. The molecule has 4 aromatic rings. The normalized spacial score (nSPS) is 14.0. The van der Waals surface area contributed by atoms with E-state index in [1.54, 1.807) is 79.7 Å². The third-order valence-electron chi connectivity index (χ3n) is 7.88. The predicted octanol–water partition coefficient (Wildman–Crippen LogP) is 6.29. The summed E-state index contributed by atoms with van der Waals surface area (Å²) < 4.78 is 49.7. The third kappa shape index (κ3) is 7.88. The van der Waals surface area contributed by atoms with Gasteiger partial charge in [-0.15, -0.1) is 0 Å². The summed E-state index contributed by atoms with van der Waals surface area (Å²) in [6.07, 6.45) is 3.73. The third-order valence-corrected chi connectivity index (χ3v) is 9.67. The van der Waals surface area contributed by atoms with E-state index >= 15 is 0 Å². The van der Waals surface area contributed by atoms with E-state index in [1.165, 1.54) is 23.1 Å². The van der Waals surface area contributed by atoms with Crippen molar-refractivity contribution in [2.45, 2.75) is 56.1 Å². The number of hydrogen-bond donors (Lipinski definition) is 1. The van der Waals surface area contributed by atoms with Crippen molar-refractivity contribution in [1.29, 1.82) is 0 Å². The van der Waals surface area contributed by atoms with E-state index in [4.69, 9.17) is 4.74 Å². The Morgan fingerprint density at radius 1 is 0.844 bits per heavy atom. The molecule has 1 aliphatic rings. The number of anilines is 1. The van der Waals surface area contributed by atoms with Gasteiger partial charge in [0.15, 0.2) is 0 Å². The van der Waals surface area contributed by atoms with Gasteiger partial charge in [0.1, 0.15) is 29.9 Å². The zero-order chi connectivity index (χ0) is 31.8. The summed E-state index contributed by atoms with van der Waals surface area (Å²) >= 11 is 0. The zero-order valence-corrected chi connectivity index (χ0v) is 25.8. The van der Waals surface area contributed by atoms with Gasteiger partial charge in [0.2, 0.25) is 11.8 Å². The first kappa shape index (κ1) is 31.7. The Kier molecular flexibility index (Phi) is 10.1. The van der Waals surface area contributed by atoms with Crippen molar-refractivity contribution in [2.75, 3.05) is 10.8 Å². The van der Waals surface area contributed by atoms with E-state index < -0.39 is 34.3 Å². The fourth-order valence-electron chi connectivity index (χ4n) is 5.34. The van der Waals surface area contributed by atoms with Crippen LogP contribution in [0.5, 0.6) is 11.5 Å². The molecule has 1 aliphatic carbocycles. The van der Waals surface area contributed by atoms with Crippen LogP contribution in [0.2, 0.25) is 0 Å². The lowest BCUT2D eigenvalue weighted by Gasteiger charge is -2.32. The van der Waals surface area contributed by atoms with Gasteiger partial charge in [-0.25, -0.2) is 12.8 Å². The smallest absolute Gasteiger partial charge is 0.264 e. The number of sulfonamides is 1. The highest BCUT2D eigenvalue weighted by Crippen LogP contribution is 2.29. The van der Waals surface area contributed by atoms with Gasteiger partial charge in [-0.2, -0.15) is 0 Å². The second kappa shape index (κ2) is 14.4. The topological polar surface area (TPSA) is 96.0 Å². The Balaban J connectivity index is 1.46. The molecular formula is C35H36FN3O5S. The summed E-state index contributed by atoms with van der Waals surface area (Å²) in [5, 5.41) is 3.01. The Morgan fingerprint density at radius 2 is 1.42 bits per heavy atom. The van der Waals surface area contributed by atoms with Crippen molar-refractivity contribution in [3.05, 3.63) is 121 Å². The largest absolute Gasteiger partial charge is 0.457 e. The van der Waals surface area contributed by atoms with Crippen molar-refractivity contribution in [1.82, 2.24) is 10.2 Å². The summed E-state index contributed by atoms with van der Waals surface area (Å²) in [5.74, 6) is -0.459. The van der Waals surface area contributed by atoms with E-state index in [0.717, 1.165) is 30.0 Å². The van der Waals surface area contributed by atoms with E-state index in [0.29, 0.717) is 11.5 Å². The number of rotatable bonds is 12. The number of carbonyl (C=O) groups is 2. The van der Waals surface area contributed by atoms with Gasteiger partial charge >= 0.3 is 0 Å². The molecule has 0 unspecified atom stereocenters. The molecule has 10 heteroatoms. The van der Waals surface area contributed by atoms with Gasteiger partial charge in [-0.3, -0.25) is 13.9 Å². The molecule has 0 saturated heterocycles. The minimum absolute atomic E-state index is 0.00455. The lowest BCUT2D eigenvalue weighted by atomic mass is 10.1. The van der Waals surface area contributed by atoms with Crippen molar-refractivity contribution in [3.8, 4) is 11.5 Å². The van der Waals surface area contributed by atoms with Crippen LogP contribution in [0.25, 0.3) is 0 Å².